The summed E-state index contributed by atoms with van der Waals surface area (Å²) in [6, 6.07) is 0. The molecule has 0 amide bonds. The van der Waals surface area contributed by atoms with E-state index in [1.54, 1.807) is 34.6 Å². The fourth-order valence-electron chi connectivity index (χ4n) is 7.62. The Hall–Kier alpha value is -2.29. The van der Waals surface area contributed by atoms with Crippen LogP contribution in [0.2, 0.25) is 0 Å². The average molecular weight is 511 g/mol. The monoisotopic (exact) mass is 510 g/mol. The number of halogens is 2. The maximum atomic E-state index is 17.6. The van der Waals surface area contributed by atoms with Crippen molar-refractivity contribution in [1.82, 2.24) is 0 Å². The number of ketones is 1. The van der Waals surface area contributed by atoms with Crippen molar-refractivity contribution in [3.05, 3.63) is 23.8 Å². The van der Waals surface area contributed by atoms with Crippen LogP contribution < -0.4 is 0 Å². The molecule has 2 N–H and O–H groups in total. The van der Waals surface area contributed by atoms with E-state index < -0.39 is 76.1 Å². The number of aliphatic hydroxyl groups is 1. The molecule has 200 valence electrons. The van der Waals surface area contributed by atoms with Gasteiger partial charge in [0, 0.05) is 11.3 Å². The highest BCUT2D eigenvalue weighted by atomic mass is 19.1. The normalized spacial score (nSPS) is 45.8. The minimum absolute atomic E-state index is 0.159. The molecule has 4 aliphatic rings. The lowest BCUT2D eigenvalue weighted by Gasteiger charge is -2.63. The summed E-state index contributed by atoms with van der Waals surface area (Å²) in [5.41, 5.74) is -6.41. The molecule has 3 fully saturated rings. The number of carbonyl (C=O) groups is 3. The second-order valence-corrected chi connectivity index (χ2v) is 12.1. The van der Waals surface area contributed by atoms with E-state index >= 15 is 8.78 Å². The number of alkyl halides is 2. The average Bonchev–Trinajstić information content (AvgIpc) is 3.02. The molecule has 1 unspecified atom stereocenters. The highest BCUT2D eigenvalue weighted by Crippen LogP contribution is 2.70. The van der Waals surface area contributed by atoms with Gasteiger partial charge in [-0.25, -0.2) is 13.6 Å². The maximum absolute atomic E-state index is 17.6. The van der Waals surface area contributed by atoms with E-state index in [-0.39, 0.29) is 24.3 Å². The Labute approximate surface area is 209 Å². The second kappa shape index (κ2) is 8.36. The van der Waals surface area contributed by atoms with Gasteiger partial charge in [-0.15, -0.1) is 0 Å². The Morgan fingerprint density at radius 2 is 1.92 bits per heavy atom. The molecule has 4 rings (SSSR count). The number of hydrogen-bond donors (Lipinski definition) is 2. The number of aliphatic carboxylic acids is 1. The molecule has 7 nitrogen and oxygen atoms in total. The van der Waals surface area contributed by atoms with Crippen LogP contribution in [0.1, 0.15) is 60.8 Å². The van der Waals surface area contributed by atoms with Crippen molar-refractivity contribution in [1.29, 1.82) is 0 Å². The Bertz CT molecular complexity index is 1040. The lowest BCUT2D eigenvalue weighted by molar-refractivity contribution is -0.237. The Kier molecular flexibility index (Phi) is 6.22. The maximum Gasteiger partial charge on any atom is 0.509 e. The molecule has 4 aliphatic carbocycles. The Morgan fingerprint density at radius 3 is 2.50 bits per heavy atom. The van der Waals surface area contributed by atoms with Crippen molar-refractivity contribution in [3.63, 3.8) is 0 Å². The summed E-state index contributed by atoms with van der Waals surface area (Å²) < 4.78 is 44.8. The topological polar surface area (TPSA) is 110 Å². The molecule has 0 aromatic rings. The zero-order valence-corrected chi connectivity index (χ0v) is 21.6. The number of fused-ring (bicyclic) bond motifs is 5. The van der Waals surface area contributed by atoms with Gasteiger partial charge in [0.25, 0.3) is 0 Å². The van der Waals surface area contributed by atoms with Crippen LogP contribution in [0.25, 0.3) is 0 Å². The number of allylic oxidation sites excluding steroid dienone is 3. The summed E-state index contributed by atoms with van der Waals surface area (Å²) in [5, 5.41) is 21.4. The van der Waals surface area contributed by atoms with Crippen molar-refractivity contribution in [2.24, 2.45) is 34.5 Å². The molecule has 0 aromatic heterocycles. The molecular weight excluding hydrogens is 474 g/mol. The van der Waals surface area contributed by atoms with Crippen molar-refractivity contribution in [2.75, 3.05) is 0 Å². The molecule has 9 heteroatoms. The van der Waals surface area contributed by atoms with Crippen LogP contribution >= 0.6 is 0 Å². The number of hydrogen-bond acceptors (Lipinski definition) is 6. The van der Waals surface area contributed by atoms with Crippen molar-refractivity contribution in [3.8, 4) is 0 Å². The molecule has 3 saturated carbocycles. The lowest BCUT2D eigenvalue weighted by Crippen LogP contribution is -2.72. The second-order valence-electron chi connectivity index (χ2n) is 12.1. The number of ether oxygens (including phenoxy) is 2. The first-order valence-corrected chi connectivity index (χ1v) is 12.6. The third-order valence-electron chi connectivity index (χ3n) is 9.71. The predicted molar refractivity (Wildman–Crippen MR) is 125 cm³/mol. The van der Waals surface area contributed by atoms with Gasteiger partial charge in [-0.1, -0.05) is 26.8 Å². The van der Waals surface area contributed by atoms with Crippen molar-refractivity contribution < 1.29 is 42.9 Å². The Balaban J connectivity index is 1.87. The van der Waals surface area contributed by atoms with E-state index in [4.69, 9.17) is 9.47 Å². The van der Waals surface area contributed by atoms with Crippen LogP contribution in [-0.2, 0) is 19.1 Å². The van der Waals surface area contributed by atoms with E-state index in [0.29, 0.717) is 6.42 Å². The summed E-state index contributed by atoms with van der Waals surface area (Å²) in [6.45, 7) is 10.00. The van der Waals surface area contributed by atoms with Gasteiger partial charge in [-0.05, 0) is 75.0 Å². The van der Waals surface area contributed by atoms with Crippen molar-refractivity contribution in [2.45, 2.75) is 90.5 Å². The fourth-order valence-corrected chi connectivity index (χ4v) is 7.62. The zero-order chi connectivity index (χ0) is 27.0. The molecule has 0 saturated heterocycles. The standard InChI is InChI=1S/C27H36F2O7/c1-7-24(3,4)36-23(34)35-21-19-15-10-13(2)18(22(32)33)25(15,5)12-17(31)27(19,29)26(6)9-8-14(30)11-16(26)20(21)28/h8-9,11,13,15,17-21,31H,7,10,12H2,1-6H3,(H,32,33)/t13-,15+,17+,18+,19-,20-,21?,25+,26+,27-/m1/s1. The highest BCUT2D eigenvalue weighted by Gasteiger charge is 2.76. The van der Waals surface area contributed by atoms with Crippen LogP contribution in [0, 0.1) is 34.5 Å². The van der Waals surface area contributed by atoms with Gasteiger partial charge >= 0.3 is 12.1 Å². The molecule has 0 radical (unpaired) electrons. The first-order chi connectivity index (χ1) is 16.5. The SMILES string of the molecule is CCC(C)(C)OC(=O)OC1[C@H](F)C2=CC(=O)C=C[C@]2(C)[C@@]2(F)[C@@H](O)C[C@]3(C)[C@H](C(=O)O)[C@H](C)C[C@H]3[C@H]12. The summed E-state index contributed by atoms with van der Waals surface area (Å²) in [4.78, 5) is 37.2. The first kappa shape index (κ1) is 26.8. The van der Waals surface area contributed by atoms with Gasteiger partial charge in [0.2, 0.25) is 0 Å². The number of carboxylic acids is 1. The van der Waals surface area contributed by atoms with Crippen LogP contribution in [0.3, 0.4) is 0 Å². The molecule has 0 bridgehead atoms. The molecule has 0 aromatic carbocycles. The van der Waals surface area contributed by atoms with Crippen molar-refractivity contribution >= 4 is 17.9 Å². The third-order valence-corrected chi connectivity index (χ3v) is 9.71. The highest BCUT2D eigenvalue weighted by molar-refractivity contribution is 6.01. The third kappa shape index (κ3) is 3.56. The van der Waals surface area contributed by atoms with Gasteiger partial charge in [0.05, 0.1) is 12.0 Å². The van der Waals surface area contributed by atoms with E-state index in [9.17, 15) is 24.6 Å². The van der Waals surface area contributed by atoms with Crippen LogP contribution in [0.5, 0.6) is 0 Å². The summed E-state index contributed by atoms with van der Waals surface area (Å²) in [5.74, 6) is -4.93. The largest absolute Gasteiger partial charge is 0.509 e. The Morgan fingerprint density at radius 1 is 1.28 bits per heavy atom. The fraction of sp³-hybridized carbons (Fsp3) is 0.741. The molecule has 0 heterocycles. The van der Waals surface area contributed by atoms with E-state index in [1.807, 2.05) is 0 Å². The predicted octanol–water partition coefficient (Wildman–Crippen LogP) is 4.57. The molecule has 0 aliphatic heterocycles. The number of carbonyl (C=O) groups excluding carboxylic acids is 2. The molecule has 10 atom stereocenters. The van der Waals surface area contributed by atoms with Gasteiger partial charge in [0.1, 0.15) is 11.7 Å². The van der Waals surface area contributed by atoms with E-state index in [0.717, 1.165) is 12.2 Å². The zero-order valence-electron chi connectivity index (χ0n) is 21.6. The van der Waals surface area contributed by atoms with Gasteiger partial charge in [0.15, 0.2) is 17.6 Å². The van der Waals surface area contributed by atoms with Crippen LogP contribution in [0.4, 0.5) is 13.6 Å². The lowest BCUT2D eigenvalue weighted by atomic mass is 9.44. The summed E-state index contributed by atoms with van der Waals surface area (Å²) >= 11 is 0. The first-order valence-electron chi connectivity index (χ1n) is 12.6. The number of carboxylic acid groups (broad SMARTS) is 1. The summed E-state index contributed by atoms with van der Waals surface area (Å²) in [6.07, 6.45) is -2.63. The van der Waals surface area contributed by atoms with E-state index in [2.05, 4.69) is 0 Å². The van der Waals surface area contributed by atoms with Gasteiger partial charge in [-0.3, -0.25) is 9.59 Å². The number of aliphatic hydroxyl groups excluding tert-OH is 1. The minimum Gasteiger partial charge on any atom is -0.481 e. The van der Waals surface area contributed by atoms with Gasteiger partial charge in [-0.2, -0.15) is 0 Å². The summed E-state index contributed by atoms with van der Waals surface area (Å²) in [7, 11) is 0. The smallest absolute Gasteiger partial charge is 0.481 e. The quantitative estimate of drug-likeness (QED) is 0.533. The molecule has 0 spiro atoms. The van der Waals surface area contributed by atoms with E-state index in [1.165, 1.54) is 13.0 Å². The van der Waals surface area contributed by atoms with Gasteiger partial charge < -0.3 is 19.7 Å². The molecular formula is C27H36F2O7. The minimum atomic E-state index is -2.53. The van der Waals surface area contributed by atoms with Crippen LogP contribution in [-0.4, -0.2) is 57.8 Å². The number of rotatable bonds is 4. The van der Waals surface area contributed by atoms with Crippen LogP contribution in [0.15, 0.2) is 23.8 Å². The molecule has 36 heavy (non-hydrogen) atoms.